The first-order chi connectivity index (χ1) is 23.7. The number of piperidine rings is 3. The van der Waals surface area contributed by atoms with E-state index in [0.29, 0.717) is 24.2 Å². The van der Waals surface area contributed by atoms with Crippen LogP contribution in [-0.4, -0.2) is 68.7 Å². The van der Waals surface area contributed by atoms with Gasteiger partial charge in [0.25, 0.3) is 0 Å². The van der Waals surface area contributed by atoms with Crippen LogP contribution < -0.4 is 16.0 Å². The zero-order chi connectivity index (χ0) is 33.7. The molecule has 1 saturated carbocycles. The maximum Gasteiger partial charge on any atom is 0.115 e. The number of ether oxygens (including phenoxy) is 3. The average Bonchev–Trinajstić information content (AvgIpc) is 3.17. The van der Waals surface area contributed by atoms with E-state index in [9.17, 15) is 0 Å². The number of hydrogen-bond donors (Lipinski definition) is 3. The molecule has 0 radical (unpaired) electrons. The van der Waals surface area contributed by atoms with Crippen LogP contribution in [0.1, 0.15) is 134 Å². The van der Waals surface area contributed by atoms with E-state index in [1.165, 1.54) is 102 Å². The molecule has 0 bridgehead atoms. The third-order valence-corrected chi connectivity index (χ3v) is 10.4. The summed E-state index contributed by atoms with van der Waals surface area (Å²) in [6.07, 6.45) is 21.3. The van der Waals surface area contributed by atoms with Gasteiger partial charge in [0.2, 0.25) is 0 Å². The van der Waals surface area contributed by atoms with Crippen molar-refractivity contribution in [2.24, 2.45) is 5.92 Å². The van der Waals surface area contributed by atoms with Gasteiger partial charge < -0.3 is 30.2 Å². The van der Waals surface area contributed by atoms with Gasteiger partial charge in [0.05, 0.1) is 17.9 Å². The molecule has 3 N–H and O–H groups in total. The van der Waals surface area contributed by atoms with Crippen molar-refractivity contribution in [1.29, 1.82) is 0 Å². The van der Waals surface area contributed by atoms with Gasteiger partial charge in [0.1, 0.15) is 6.10 Å². The average molecular weight is 665 g/mol. The summed E-state index contributed by atoms with van der Waals surface area (Å²) in [7, 11) is 0. The van der Waals surface area contributed by atoms with E-state index in [0.717, 1.165) is 44.5 Å². The molecule has 4 aliphatic rings. The van der Waals surface area contributed by atoms with Crippen LogP contribution in [0.5, 0.6) is 0 Å². The molecule has 3 aliphatic heterocycles. The Hall–Kier alpha value is -1.87. The van der Waals surface area contributed by atoms with Gasteiger partial charge in [-0.25, -0.2) is 0 Å². The van der Waals surface area contributed by atoms with Gasteiger partial charge in [0.15, 0.2) is 0 Å². The first-order valence-corrected chi connectivity index (χ1v) is 19.8. The second kappa shape index (κ2) is 23.5. The van der Waals surface area contributed by atoms with E-state index in [1.54, 1.807) is 0 Å². The fourth-order valence-electron chi connectivity index (χ4n) is 8.07. The van der Waals surface area contributed by atoms with Gasteiger partial charge in [0, 0.05) is 44.1 Å². The predicted octanol–water partition coefficient (Wildman–Crippen LogP) is 8.32. The zero-order valence-corrected chi connectivity index (χ0v) is 30.6. The molecule has 3 saturated heterocycles. The van der Waals surface area contributed by atoms with Crippen LogP contribution in [-0.2, 0) is 14.2 Å². The highest BCUT2D eigenvalue weighted by molar-refractivity contribution is 5.19. The van der Waals surface area contributed by atoms with Crippen LogP contribution in [0.4, 0.5) is 0 Å². The molecule has 6 atom stereocenters. The Kier molecular flexibility index (Phi) is 19.1. The Balaban J connectivity index is 0.000000163. The summed E-state index contributed by atoms with van der Waals surface area (Å²) < 4.78 is 17.8. The molecule has 4 fully saturated rings. The maximum absolute atomic E-state index is 6.06. The highest BCUT2D eigenvalue weighted by Gasteiger charge is 2.32. The Morgan fingerprint density at radius 1 is 0.562 bits per heavy atom. The van der Waals surface area contributed by atoms with Crippen molar-refractivity contribution in [3.8, 4) is 0 Å². The number of rotatable bonds is 12. The molecule has 270 valence electrons. The standard InChI is InChI=1S/C14H27NO.C14H21NO.C13H20N2O/c2*1-2-16-14(12-8-4-3-5-9-12)13-10-6-7-11-15-13;1-2-16-13(11-7-3-5-9-14-11)12-8-4-6-10-15-12/h12-15H,2-11H2,1H3;3-5,8-9,13-15H,2,6-7,10-11H2,1H3;3,5,7,9,12-13,15H,2,4,6,8,10H2,1H3. The number of benzene rings is 1. The van der Waals surface area contributed by atoms with Crippen molar-refractivity contribution in [2.45, 2.75) is 147 Å². The minimum Gasteiger partial charge on any atom is -0.377 e. The highest BCUT2D eigenvalue weighted by Crippen LogP contribution is 2.31. The van der Waals surface area contributed by atoms with E-state index in [4.69, 9.17) is 14.2 Å². The second-order valence-electron chi connectivity index (χ2n) is 13.9. The minimum absolute atomic E-state index is 0.103. The monoisotopic (exact) mass is 665 g/mol. The molecule has 4 heterocycles. The number of aromatic nitrogens is 1. The summed E-state index contributed by atoms with van der Waals surface area (Å²) in [5, 5.41) is 10.8. The van der Waals surface area contributed by atoms with Crippen LogP contribution in [0.2, 0.25) is 0 Å². The lowest BCUT2D eigenvalue weighted by molar-refractivity contribution is -0.0230. The molecule has 2 aromatic rings. The molecule has 48 heavy (non-hydrogen) atoms. The van der Waals surface area contributed by atoms with Gasteiger partial charge in [-0.2, -0.15) is 0 Å². The van der Waals surface area contributed by atoms with Gasteiger partial charge in [-0.05, 0) is 115 Å². The Labute approximate surface area is 293 Å². The second-order valence-corrected chi connectivity index (χ2v) is 13.9. The largest absolute Gasteiger partial charge is 0.377 e. The molecule has 1 aliphatic carbocycles. The van der Waals surface area contributed by atoms with E-state index in [2.05, 4.69) is 71.2 Å². The topological polar surface area (TPSA) is 76.7 Å². The summed E-state index contributed by atoms with van der Waals surface area (Å²) in [5.41, 5.74) is 2.34. The summed E-state index contributed by atoms with van der Waals surface area (Å²) in [4.78, 5) is 4.41. The van der Waals surface area contributed by atoms with Crippen molar-refractivity contribution in [3.05, 3.63) is 66.0 Å². The molecule has 6 rings (SSSR count). The van der Waals surface area contributed by atoms with Crippen LogP contribution in [0, 0.1) is 5.92 Å². The normalized spacial score (nSPS) is 25.4. The number of pyridine rings is 1. The van der Waals surface area contributed by atoms with Crippen molar-refractivity contribution in [2.75, 3.05) is 39.5 Å². The van der Waals surface area contributed by atoms with Crippen LogP contribution in [0.15, 0.2) is 54.7 Å². The van der Waals surface area contributed by atoms with Crippen LogP contribution in [0.3, 0.4) is 0 Å². The number of nitrogens with zero attached hydrogens (tertiary/aromatic N) is 1. The molecule has 1 aromatic carbocycles. The van der Waals surface area contributed by atoms with Crippen molar-refractivity contribution >= 4 is 0 Å². The SMILES string of the molecule is CCOC(C1CCCCC1)C1CCCCN1.CCOC(c1ccccc1)C1CCCCN1.CCOC(c1ccccn1)C1CCCCN1. The lowest BCUT2D eigenvalue weighted by Gasteiger charge is -2.37. The molecule has 7 heteroatoms. The molecule has 6 unspecified atom stereocenters. The Morgan fingerprint density at radius 2 is 1.08 bits per heavy atom. The minimum atomic E-state index is 0.103. The van der Waals surface area contributed by atoms with E-state index < -0.39 is 0 Å². The smallest absolute Gasteiger partial charge is 0.115 e. The molecular weight excluding hydrogens is 596 g/mol. The fraction of sp³-hybridized carbons (Fsp3) is 0.732. The summed E-state index contributed by atoms with van der Waals surface area (Å²) in [6, 6.07) is 18.1. The summed E-state index contributed by atoms with van der Waals surface area (Å²) >= 11 is 0. The molecule has 0 spiro atoms. The van der Waals surface area contributed by atoms with Crippen molar-refractivity contribution < 1.29 is 14.2 Å². The van der Waals surface area contributed by atoms with Gasteiger partial charge >= 0.3 is 0 Å². The summed E-state index contributed by atoms with van der Waals surface area (Å²) in [6.45, 7) is 12.1. The van der Waals surface area contributed by atoms with E-state index in [-0.39, 0.29) is 12.2 Å². The van der Waals surface area contributed by atoms with E-state index in [1.807, 2.05) is 25.3 Å². The third-order valence-electron chi connectivity index (χ3n) is 10.4. The first kappa shape index (κ1) is 38.9. The number of nitrogens with one attached hydrogen (secondary N) is 3. The molecule has 7 nitrogen and oxygen atoms in total. The van der Waals surface area contributed by atoms with Gasteiger partial charge in [-0.1, -0.05) is 74.9 Å². The number of hydrogen-bond acceptors (Lipinski definition) is 7. The highest BCUT2D eigenvalue weighted by atomic mass is 16.5. The molecule has 0 amide bonds. The first-order valence-electron chi connectivity index (χ1n) is 19.8. The zero-order valence-electron chi connectivity index (χ0n) is 30.6. The van der Waals surface area contributed by atoms with E-state index >= 15 is 0 Å². The third kappa shape index (κ3) is 13.1. The predicted molar refractivity (Wildman–Crippen MR) is 198 cm³/mol. The lowest BCUT2D eigenvalue weighted by atomic mass is 9.81. The van der Waals surface area contributed by atoms with Crippen molar-refractivity contribution in [3.63, 3.8) is 0 Å². The molecule has 1 aromatic heterocycles. The molecular formula is C41H68N4O3. The quantitative estimate of drug-likeness (QED) is 0.211. The van der Waals surface area contributed by atoms with Crippen LogP contribution >= 0.6 is 0 Å². The Bertz CT molecular complexity index is 955. The van der Waals surface area contributed by atoms with Crippen molar-refractivity contribution in [1.82, 2.24) is 20.9 Å². The lowest BCUT2D eigenvalue weighted by Crippen LogP contribution is -2.48. The summed E-state index contributed by atoms with van der Waals surface area (Å²) in [5.74, 6) is 0.823. The fourth-order valence-corrected chi connectivity index (χ4v) is 8.07. The Morgan fingerprint density at radius 3 is 1.60 bits per heavy atom. The van der Waals surface area contributed by atoms with Crippen LogP contribution in [0.25, 0.3) is 0 Å². The van der Waals surface area contributed by atoms with Gasteiger partial charge in [-0.15, -0.1) is 0 Å². The van der Waals surface area contributed by atoms with Gasteiger partial charge in [-0.3, -0.25) is 4.98 Å². The maximum atomic E-state index is 6.06.